The van der Waals surface area contributed by atoms with Gasteiger partial charge in [0.1, 0.15) is 17.4 Å². The third-order valence-electron chi connectivity index (χ3n) is 4.61. The summed E-state index contributed by atoms with van der Waals surface area (Å²) in [5, 5.41) is 0. The summed E-state index contributed by atoms with van der Waals surface area (Å²) in [6.07, 6.45) is -0.0155. The number of hydrogen-bond donors (Lipinski definition) is 0. The molecule has 1 heterocycles. The number of hydrogen-bond acceptors (Lipinski definition) is 3. The van der Waals surface area contributed by atoms with E-state index in [9.17, 15) is 18.4 Å². The van der Waals surface area contributed by atoms with Crippen molar-refractivity contribution >= 4 is 11.8 Å². The Labute approximate surface area is 156 Å². The fourth-order valence-corrected chi connectivity index (χ4v) is 3.09. The topological polar surface area (TPSA) is 49.9 Å². The van der Waals surface area contributed by atoms with Gasteiger partial charge in [-0.15, -0.1) is 0 Å². The van der Waals surface area contributed by atoms with Crippen molar-refractivity contribution in [1.29, 1.82) is 0 Å². The third-order valence-corrected chi connectivity index (χ3v) is 4.61. The summed E-state index contributed by atoms with van der Waals surface area (Å²) in [5.41, 5.74) is 0.508. The van der Waals surface area contributed by atoms with Crippen LogP contribution in [-0.4, -0.2) is 54.9 Å². The molecule has 0 unspecified atom stereocenters. The van der Waals surface area contributed by atoms with Gasteiger partial charge >= 0.3 is 0 Å². The maximum atomic E-state index is 13.7. The lowest BCUT2D eigenvalue weighted by molar-refractivity contribution is -0.132. The average Bonchev–Trinajstić information content (AvgIpc) is 2.69. The van der Waals surface area contributed by atoms with Gasteiger partial charge in [-0.1, -0.05) is 18.2 Å². The molecule has 1 fully saturated rings. The summed E-state index contributed by atoms with van der Waals surface area (Å²) in [7, 11) is 1.42. The fraction of sp³-hybridized carbons (Fsp3) is 0.300. The van der Waals surface area contributed by atoms with Crippen molar-refractivity contribution in [1.82, 2.24) is 9.80 Å². The number of amides is 2. The number of rotatable bonds is 4. The van der Waals surface area contributed by atoms with Crippen molar-refractivity contribution in [3.63, 3.8) is 0 Å². The molecule has 3 rings (SSSR count). The molecule has 142 valence electrons. The van der Waals surface area contributed by atoms with Gasteiger partial charge in [0.15, 0.2) is 0 Å². The first-order valence-electron chi connectivity index (χ1n) is 8.63. The van der Waals surface area contributed by atoms with Crippen LogP contribution in [0.15, 0.2) is 42.5 Å². The predicted molar refractivity (Wildman–Crippen MR) is 95.5 cm³/mol. The summed E-state index contributed by atoms with van der Waals surface area (Å²) in [4.78, 5) is 28.2. The summed E-state index contributed by atoms with van der Waals surface area (Å²) in [5.74, 6) is -1.14. The molecule has 1 aliphatic heterocycles. The Morgan fingerprint density at radius 2 is 1.67 bits per heavy atom. The van der Waals surface area contributed by atoms with E-state index in [2.05, 4.69) is 0 Å². The summed E-state index contributed by atoms with van der Waals surface area (Å²) >= 11 is 0. The van der Waals surface area contributed by atoms with Crippen LogP contribution in [0.25, 0.3) is 0 Å². The van der Waals surface area contributed by atoms with Crippen molar-refractivity contribution in [3.05, 3.63) is 65.2 Å². The van der Waals surface area contributed by atoms with Crippen LogP contribution in [-0.2, 0) is 11.2 Å². The first-order valence-corrected chi connectivity index (χ1v) is 8.63. The van der Waals surface area contributed by atoms with E-state index in [0.29, 0.717) is 37.5 Å². The summed E-state index contributed by atoms with van der Waals surface area (Å²) in [6.45, 7) is 1.33. The number of halogens is 2. The first-order chi connectivity index (χ1) is 13.0. The van der Waals surface area contributed by atoms with Crippen molar-refractivity contribution in [2.45, 2.75) is 6.42 Å². The van der Waals surface area contributed by atoms with Crippen LogP contribution < -0.4 is 4.74 Å². The maximum absolute atomic E-state index is 13.7. The molecule has 5 nitrogen and oxygen atoms in total. The lowest BCUT2D eigenvalue weighted by Gasteiger charge is -2.35. The Balaban J connectivity index is 1.62. The van der Waals surface area contributed by atoms with E-state index in [1.165, 1.54) is 25.3 Å². The van der Waals surface area contributed by atoms with Crippen molar-refractivity contribution in [3.8, 4) is 5.75 Å². The molecule has 0 atom stereocenters. The molecular weight excluding hydrogens is 354 g/mol. The molecule has 1 aliphatic rings. The highest BCUT2D eigenvalue weighted by molar-refractivity contribution is 5.97. The van der Waals surface area contributed by atoms with Gasteiger partial charge in [-0.3, -0.25) is 9.59 Å². The molecule has 2 aromatic rings. The van der Waals surface area contributed by atoms with Gasteiger partial charge in [0.05, 0.1) is 19.1 Å². The van der Waals surface area contributed by atoms with Crippen LogP contribution in [0.3, 0.4) is 0 Å². The number of methoxy groups -OCH3 is 1. The molecule has 0 bridgehead atoms. The average molecular weight is 374 g/mol. The van der Waals surface area contributed by atoms with Gasteiger partial charge in [0.2, 0.25) is 5.91 Å². The molecule has 0 N–H and O–H groups in total. The van der Waals surface area contributed by atoms with Crippen molar-refractivity contribution < 1.29 is 23.1 Å². The number of piperazine rings is 1. The molecule has 0 radical (unpaired) electrons. The SMILES string of the molecule is COc1ccc(F)cc1C(=O)N1CCN(C(=O)Cc2ccccc2F)CC1. The fourth-order valence-electron chi connectivity index (χ4n) is 3.09. The highest BCUT2D eigenvalue weighted by atomic mass is 19.1. The maximum Gasteiger partial charge on any atom is 0.257 e. The van der Waals surface area contributed by atoms with Crippen molar-refractivity contribution in [2.75, 3.05) is 33.3 Å². The van der Waals surface area contributed by atoms with E-state index in [-0.39, 0.29) is 23.8 Å². The van der Waals surface area contributed by atoms with Crippen LogP contribution in [0, 0.1) is 11.6 Å². The molecule has 2 amide bonds. The number of nitrogens with zero attached hydrogens (tertiary/aromatic N) is 2. The van der Waals surface area contributed by atoms with Crippen molar-refractivity contribution in [2.24, 2.45) is 0 Å². The molecule has 0 aliphatic carbocycles. The number of ether oxygens (including phenoxy) is 1. The van der Waals surface area contributed by atoms with Crippen LogP contribution in [0.2, 0.25) is 0 Å². The monoisotopic (exact) mass is 374 g/mol. The lowest BCUT2D eigenvalue weighted by atomic mass is 10.1. The molecule has 1 saturated heterocycles. The van der Waals surface area contributed by atoms with E-state index in [1.807, 2.05) is 0 Å². The number of carbonyl (C=O) groups excluding carboxylic acids is 2. The highest BCUT2D eigenvalue weighted by Gasteiger charge is 2.27. The molecule has 7 heteroatoms. The summed E-state index contributed by atoms with van der Waals surface area (Å²) < 4.78 is 32.4. The number of benzene rings is 2. The van der Waals surface area contributed by atoms with Gasteiger partial charge in [-0.2, -0.15) is 0 Å². The van der Waals surface area contributed by atoms with Crippen LogP contribution in [0.4, 0.5) is 8.78 Å². The standard InChI is InChI=1S/C20H20F2N2O3/c1-27-18-7-6-15(21)13-16(18)20(26)24-10-8-23(9-11-24)19(25)12-14-4-2-3-5-17(14)22/h2-7,13H,8-12H2,1H3. The van der Waals surface area contributed by atoms with E-state index in [0.717, 1.165) is 6.07 Å². The Bertz CT molecular complexity index is 849. The minimum Gasteiger partial charge on any atom is -0.496 e. The van der Waals surface area contributed by atoms with Crippen LogP contribution in [0.5, 0.6) is 5.75 Å². The second kappa shape index (κ2) is 8.16. The Morgan fingerprint density at radius 1 is 1.00 bits per heavy atom. The van der Waals surface area contributed by atoms with Crippen LogP contribution >= 0.6 is 0 Å². The third kappa shape index (κ3) is 4.24. The van der Waals surface area contributed by atoms with E-state index < -0.39 is 11.6 Å². The minimum atomic E-state index is -0.516. The van der Waals surface area contributed by atoms with Gasteiger partial charge in [0.25, 0.3) is 5.91 Å². The van der Waals surface area contributed by atoms with E-state index in [4.69, 9.17) is 4.74 Å². The second-order valence-electron chi connectivity index (χ2n) is 6.29. The van der Waals surface area contributed by atoms with Gasteiger partial charge in [0, 0.05) is 26.2 Å². The highest BCUT2D eigenvalue weighted by Crippen LogP contribution is 2.22. The molecular formula is C20H20F2N2O3. The van der Waals surface area contributed by atoms with E-state index in [1.54, 1.807) is 28.0 Å². The zero-order valence-electron chi connectivity index (χ0n) is 15.0. The Hall–Kier alpha value is -2.96. The van der Waals surface area contributed by atoms with Gasteiger partial charge in [-0.05, 0) is 29.8 Å². The zero-order chi connectivity index (χ0) is 19.4. The molecule has 0 spiro atoms. The minimum absolute atomic E-state index is 0.0155. The Morgan fingerprint density at radius 3 is 2.33 bits per heavy atom. The molecule has 2 aromatic carbocycles. The Kier molecular flexibility index (Phi) is 5.69. The second-order valence-corrected chi connectivity index (χ2v) is 6.29. The van der Waals surface area contributed by atoms with E-state index >= 15 is 0 Å². The smallest absolute Gasteiger partial charge is 0.257 e. The molecule has 0 saturated carbocycles. The molecule has 27 heavy (non-hydrogen) atoms. The number of carbonyl (C=O) groups is 2. The van der Waals surface area contributed by atoms with Crippen LogP contribution in [0.1, 0.15) is 15.9 Å². The predicted octanol–water partition coefficient (Wildman–Crippen LogP) is 2.50. The first kappa shape index (κ1) is 18.8. The largest absolute Gasteiger partial charge is 0.496 e. The quantitative estimate of drug-likeness (QED) is 0.826. The van der Waals surface area contributed by atoms with Gasteiger partial charge in [-0.25, -0.2) is 8.78 Å². The molecule has 0 aromatic heterocycles. The zero-order valence-corrected chi connectivity index (χ0v) is 15.0. The summed E-state index contributed by atoms with van der Waals surface area (Å²) in [6, 6.07) is 9.97. The lowest BCUT2D eigenvalue weighted by Crippen LogP contribution is -2.51. The normalized spacial score (nSPS) is 14.2. The van der Waals surface area contributed by atoms with Gasteiger partial charge < -0.3 is 14.5 Å².